The van der Waals surface area contributed by atoms with Gasteiger partial charge in [-0.25, -0.2) is 0 Å². The highest BCUT2D eigenvalue weighted by Gasteiger charge is 2.07. The molecule has 0 aliphatic rings. The predicted molar refractivity (Wildman–Crippen MR) is 64.2 cm³/mol. The van der Waals surface area contributed by atoms with Crippen molar-refractivity contribution in [1.29, 1.82) is 0 Å². The molecule has 0 aliphatic carbocycles. The molecule has 4 nitrogen and oxygen atoms in total. The SMILES string of the molecule is COc1cccc(OC)c1C/C=C/OC(C)=O. The van der Waals surface area contributed by atoms with Gasteiger partial charge in [-0.2, -0.15) is 0 Å². The van der Waals surface area contributed by atoms with Gasteiger partial charge >= 0.3 is 5.97 Å². The van der Waals surface area contributed by atoms with Crippen molar-refractivity contribution in [3.63, 3.8) is 0 Å². The third kappa shape index (κ3) is 3.83. The number of carbonyl (C=O) groups excluding carboxylic acids is 1. The number of hydrogen-bond acceptors (Lipinski definition) is 4. The zero-order chi connectivity index (χ0) is 12.7. The molecule has 0 N–H and O–H groups in total. The van der Waals surface area contributed by atoms with Crippen molar-refractivity contribution in [2.24, 2.45) is 0 Å². The molecule has 17 heavy (non-hydrogen) atoms. The molecular weight excluding hydrogens is 220 g/mol. The van der Waals surface area contributed by atoms with E-state index in [-0.39, 0.29) is 5.97 Å². The molecule has 0 radical (unpaired) electrons. The second-order valence-electron chi connectivity index (χ2n) is 3.33. The zero-order valence-electron chi connectivity index (χ0n) is 10.2. The van der Waals surface area contributed by atoms with Gasteiger partial charge in [0, 0.05) is 18.9 Å². The van der Waals surface area contributed by atoms with Crippen LogP contribution >= 0.6 is 0 Å². The summed E-state index contributed by atoms with van der Waals surface area (Å²) in [4.78, 5) is 10.6. The normalized spacial score (nSPS) is 10.3. The van der Waals surface area contributed by atoms with Crippen molar-refractivity contribution >= 4 is 5.97 Å². The van der Waals surface area contributed by atoms with Gasteiger partial charge in [-0.05, 0) is 18.2 Å². The molecule has 0 atom stereocenters. The van der Waals surface area contributed by atoms with Crippen LogP contribution < -0.4 is 9.47 Å². The molecular formula is C13H16O4. The van der Waals surface area contributed by atoms with E-state index in [2.05, 4.69) is 0 Å². The van der Waals surface area contributed by atoms with Gasteiger partial charge in [0.15, 0.2) is 0 Å². The lowest BCUT2D eigenvalue weighted by molar-refractivity contribution is -0.135. The number of carbonyl (C=O) groups is 1. The molecule has 1 aromatic rings. The van der Waals surface area contributed by atoms with Crippen LogP contribution in [0.25, 0.3) is 0 Å². The molecule has 0 bridgehead atoms. The summed E-state index contributed by atoms with van der Waals surface area (Å²) in [5.74, 6) is 1.15. The van der Waals surface area contributed by atoms with Gasteiger partial charge in [-0.3, -0.25) is 4.79 Å². The number of allylic oxidation sites excluding steroid dienone is 1. The Morgan fingerprint density at radius 3 is 2.29 bits per heavy atom. The zero-order valence-corrected chi connectivity index (χ0v) is 10.2. The molecule has 4 heteroatoms. The maximum absolute atomic E-state index is 10.6. The minimum atomic E-state index is -0.340. The Morgan fingerprint density at radius 2 is 1.82 bits per heavy atom. The molecule has 92 valence electrons. The van der Waals surface area contributed by atoms with Gasteiger partial charge in [0.2, 0.25) is 0 Å². The Balaban J connectivity index is 2.80. The van der Waals surface area contributed by atoms with E-state index in [0.29, 0.717) is 6.42 Å². The van der Waals surface area contributed by atoms with Crippen molar-refractivity contribution in [3.05, 3.63) is 36.1 Å². The Morgan fingerprint density at radius 1 is 1.24 bits per heavy atom. The average Bonchev–Trinajstić information content (AvgIpc) is 2.34. The second-order valence-corrected chi connectivity index (χ2v) is 3.33. The number of hydrogen-bond donors (Lipinski definition) is 0. The number of ether oxygens (including phenoxy) is 3. The van der Waals surface area contributed by atoms with Crippen LogP contribution in [0.3, 0.4) is 0 Å². The first-order chi connectivity index (χ1) is 8.19. The maximum Gasteiger partial charge on any atom is 0.307 e. The van der Waals surface area contributed by atoms with E-state index in [9.17, 15) is 4.79 Å². The molecule has 0 saturated heterocycles. The fourth-order valence-electron chi connectivity index (χ4n) is 1.44. The fraction of sp³-hybridized carbons (Fsp3) is 0.308. The lowest BCUT2D eigenvalue weighted by Crippen LogP contribution is -1.96. The number of esters is 1. The molecule has 0 unspecified atom stereocenters. The summed E-state index contributed by atoms with van der Waals surface area (Å²) in [6.07, 6.45) is 3.68. The van der Waals surface area contributed by atoms with Crippen LogP contribution in [0.2, 0.25) is 0 Å². The van der Waals surface area contributed by atoms with E-state index in [1.165, 1.54) is 13.2 Å². The highest BCUT2D eigenvalue weighted by atomic mass is 16.5. The Labute approximate surface area is 101 Å². The average molecular weight is 236 g/mol. The highest BCUT2D eigenvalue weighted by molar-refractivity contribution is 5.66. The molecule has 0 aliphatic heterocycles. The summed E-state index contributed by atoms with van der Waals surface area (Å²) >= 11 is 0. The molecule has 0 aromatic heterocycles. The smallest absolute Gasteiger partial charge is 0.307 e. The van der Waals surface area contributed by atoms with Crippen molar-refractivity contribution in [2.75, 3.05) is 14.2 Å². The van der Waals surface area contributed by atoms with Gasteiger partial charge in [-0.1, -0.05) is 6.07 Å². The monoisotopic (exact) mass is 236 g/mol. The largest absolute Gasteiger partial charge is 0.496 e. The first-order valence-corrected chi connectivity index (χ1v) is 5.21. The Bertz CT molecular complexity index is 388. The fourth-order valence-corrected chi connectivity index (χ4v) is 1.44. The van der Waals surface area contributed by atoms with Crippen LogP contribution in [0.1, 0.15) is 12.5 Å². The summed E-state index contributed by atoms with van der Waals surface area (Å²) in [5, 5.41) is 0. The minimum absolute atomic E-state index is 0.340. The molecule has 0 saturated carbocycles. The van der Waals surface area contributed by atoms with Crippen LogP contribution in [0.4, 0.5) is 0 Å². The Hall–Kier alpha value is -1.97. The van der Waals surface area contributed by atoms with Crippen LogP contribution in [-0.4, -0.2) is 20.2 Å². The van der Waals surface area contributed by atoms with Crippen molar-refractivity contribution in [2.45, 2.75) is 13.3 Å². The van der Waals surface area contributed by atoms with Gasteiger partial charge in [0.25, 0.3) is 0 Å². The van der Waals surface area contributed by atoms with Gasteiger partial charge in [0.1, 0.15) is 11.5 Å². The summed E-state index contributed by atoms with van der Waals surface area (Å²) < 4.78 is 15.2. The molecule has 1 aromatic carbocycles. The number of rotatable bonds is 5. The third-order valence-electron chi connectivity index (χ3n) is 2.18. The first-order valence-electron chi connectivity index (χ1n) is 5.21. The minimum Gasteiger partial charge on any atom is -0.496 e. The summed E-state index contributed by atoms with van der Waals surface area (Å²) in [5.41, 5.74) is 0.918. The highest BCUT2D eigenvalue weighted by Crippen LogP contribution is 2.28. The second kappa shape index (κ2) is 6.58. The van der Waals surface area contributed by atoms with Gasteiger partial charge in [-0.15, -0.1) is 0 Å². The van der Waals surface area contributed by atoms with Crippen LogP contribution in [0.15, 0.2) is 30.5 Å². The molecule has 1 rings (SSSR count). The molecule has 0 heterocycles. The first kappa shape index (κ1) is 13.1. The third-order valence-corrected chi connectivity index (χ3v) is 2.18. The summed E-state index contributed by atoms with van der Waals surface area (Å²) in [6.45, 7) is 1.36. The standard InChI is InChI=1S/C13H16O4/c1-10(14)17-9-5-6-11-12(15-2)7-4-8-13(11)16-3/h4-5,7-9H,6H2,1-3H3/b9-5+. The van der Waals surface area contributed by atoms with E-state index < -0.39 is 0 Å². The Kier molecular flexibility index (Phi) is 5.07. The van der Waals surface area contributed by atoms with E-state index >= 15 is 0 Å². The quantitative estimate of drug-likeness (QED) is 0.581. The molecule has 0 spiro atoms. The van der Waals surface area contributed by atoms with Gasteiger partial charge < -0.3 is 14.2 Å². The van der Waals surface area contributed by atoms with Gasteiger partial charge in [0.05, 0.1) is 20.5 Å². The van der Waals surface area contributed by atoms with E-state index in [1.807, 2.05) is 18.2 Å². The summed E-state index contributed by atoms with van der Waals surface area (Å²) in [7, 11) is 3.21. The topological polar surface area (TPSA) is 44.8 Å². The van der Waals surface area contributed by atoms with Crippen LogP contribution in [0.5, 0.6) is 11.5 Å². The van der Waals surface area contributed by atoms with Crippen LogP contribution in [0, 0.1) is 0 Å². The number of benzene rings is 1. The van der Waals surface area contributed by atoms with E-state index in [4.69, 9.17) is 14.2 Å². The van der Waals surface area contributed by atoms with Crippen molar-refractivity contribution in [3.8, 4) is 11.5 Å². The summed E-state index contributed by atoms with van der Waals surface area (Å²) in [6, 6.07) is 5.58. The van der Waals surface area contributed by atoms with Crippen LogP contribution in [-0.2, 0) is 16.0 Å². The van der Waals surface area contributed by atoms with Crippen molar-refractivity contribution in [1.82, 2.24) is 0 Å². The predicted octanol–water partition coefficient (Wildman–Crippen LogP) is 2.32. The van der Waals surface area contributed by atoms with Crippen molar-refractivity contribution < 1.29 is 19.0 Å². The number of methoxy groups -OCH3 is 2. The van der Waals surface area contributed by atoms with E-state index in [0.717, 1.165) is 17.1 Å². The lowest BCUT2D eigenvalue weighted by atomic mass is 10.1. The van der Waals surface area contributed by atoms with E-state index in [1.54, 1.807) is 20.3 Å². The lowest BCUT2D eigenvalue weighted by Gasteiger charge is -2.10. The molecule has 0 amide bonds. The maximum atomic E-state index is 10.6. The molecule has 0 fully saturated rings.